The Balaban J connectivity index is 1.35. The summed E-state index contributed by atoms with van der Waals surface area (Å²) >= 11 is 0. The van der Waals surface area contributed by atoms with E-state index in [9.17, 15) is 14.4 Å². The topological polar surface area (TPSA) is 105 Å². The van der Waals surface area contributed by atoms with Crippen LogP contribution in [0.2, 0.25) is 0 Å². The number of hydrogen-bond donors (Lipinski definition) is 3. The van der Waals surface area contributed by atoms with Crippen molar-refractivity contribution in [2.45, 2.75) is 31.7 Å². The number of carbonyl (C=O) groups is 3. The van der Waals surface area contributed by atoms with E-state index in [1.165, 1.54) is 18.1 Å². The highest BCUT2D eigenvalue weighted by atomic mass is 16.5. The molecular formula is C27H26N2O5. The third kappa shape index (κ3) is 4.78. The van der Waals surface area contributed by atoms with Gasteiger partial charge in [-0.1, -0.05) is 60.7 Å². The number of anilines is 1. The van der Waals surface area contributed by atoms with Crippen LogP contribution in [0.4, 0.5) is 10.5 Å². The normalized spacial score (nSPS) is 13.8. The van der Waals surface area contributed by atoms with Gasteiger partial charge in [0.25, 0.3) is 0 Å². The molecule has 4 rings (SSSR count). The smallest absolute Gasteiger partial charge is 0.411 e. The molecular weight excluding hydrogens is 432 g/mol. The highest BCUT2D eigenvalue weighted by Crippen LogP contribution is 2.44. The number of fused-ring (bicyclic) bond motifs is 3. The predicted octanol–water partition coefficient (Wildman–Crippen LogP) is 4.74. The summed E-state index contributed by atoms with van der Waals surface area (Å²) in [5.74, 6) is -2.03. The number of rotatable bonds is 7. The van der Waals surface area contributed by atoms with Crippen LogP contribution < -0.4 is 10.6 Å². The highest BCUT2D eigenvalue weighted by Gasteiger charge is 2.29. The molecule has 0 fully saturated rings. The van der Waals surface area contributed by atoms with Crippen LogP contribution in [0.1, 0.15) is 42.4 Å². The standard InChI is InChI=1S/C27H26N2O5/c1-16(25(30)28-17(2)26(31)32)18-11-13-19(14-12-18)29-27(33)34-15-24-22-9-5-3-7-20(22)21-8-4-6-10-23(21)24/h3-14,16-17,24H,15H2,1-2H3,(H,28,30)(H,29,33)(H,31,32)/t16?,17-/m1/s1. The lowest BCUT2D eigenvalue weighted by molar-refractivity contribution is -0.141. The van der Waals surface area contributed by atoms with E-state index in [-0.39, 0.29) is 18.4 Å². The van der Waals surface area contributed by atoms with Gasteiger partial charge in [0.2, 0.25) is 5.91 Å². The van der Waals surface area contributed by atoms with Crippen LogP contribution in [-0.2, 0) is 14.3 Å². The van der Waals surface area contributed by atoms with E-state index in [1.54, 1.807) is 31.2 Å². The first-order valence-electron chi connectivity index (χ1n) is 11.1. The lowest BCUT2D eigenvalue weighted by Crippen LogP contribution is -2.40. The fourth-order valence-electron chi connectivity index (χ4n) is 4.16. The maximum Gasteiger partial charge on any atom is 0.411 e. The molecule has 0 aliphatic heterocycles. The molecule has 1 unspecified atom stereocenters. The van der Waals surface area contributed by atoms with E-state index < -0.39 is 24.0 Å². The van der Waals surface area contributed by atoms with Gasteiger partial charge in [-0.25, -0.2) is 4.79 Å². The molecule has 34 heavy (non-hydrogen) atoms. The molecule has 174 valence electrons. The van der Waals surface area contributed by atoms with Gasteiger partial charge in [-0.15, -0.1) is 0 Å². The molecule has 3 aromatic carbocycles. The molecule has 7 nitrogen and oxygen atoms in total. The second-order valence-corrected chi connectivity index (χ2v) is 8.36. The van der Waals surface area contributed by atoms with Gasteiger partial charge in [-0.3, -0.25) is 14.9 Å². The fraction of sp³-hybridized carbons (Fsp3) is 0.222. The van der Waals surface area contributed by atoms with E-state index in [2.05, 4.69) is 34.9 Å². The molecule has 1 aliphatic rings. The number of carboxylic acids is 1. The number of aliphatic carboxylic acids is 1. The summed E-state index contributed by atoms with van der Waals surface area (Å²) in [6.07, 6.45) is -0.560. The van der Waals surface area contributed by atoms with Gasteiger partial charge in [-0.2, -0.15) is 0 Å². The molecule has 3 N–H and O–H groups in total. The molecule has 0 bridgehead atoms. The quantitative estimate of drug-likeness (QED) is 0.474. The number of ether oxygens (including phenoxy) is 1. The molecule has 7 heteroatoms. The number of amides is 2. The number of hydrogen-bond acceptors (Lipinski definition) is 4. The van der Waals surface area contributed by atoms with Crippen LogP contribution in [-0.4, -0.2) is 35.7 Å². The number of benzene rings is 3. The van der Waals surface area contributed by atoms with Gasteiger partial charge >= 0.3 is 12.1 Å². The summed E-state index contributed by atoms with van der Waals surface area (Å²) in [5, 5.41) is 14.1. The molecule has 0 radical (unpaired) electrons. The largest absolute Gasteiger partial charge is 0.480 e. The summed E-state index contributed by atoms with van der Waals surface area (Å²) in [6.45, 7) is 3.32. The summed E-state index contributed by atoms with van der Waals surface area (Å²) in [6, 6.07) is 22.1. The van der Waals surface area contributed by atoms with Crippen molar-refractivity contribution in [2.75, 3.05) is 11.9 Å². The third-order valence-electron chi connectivity index (χ3n) is 6.12. The minimum Gasteiger partial charge on any atom is -0.480 e. The van der Waals surface area contributed by atoms with Gasteiger partial charge in [0.1, 0.15) is 12.6 Å². The predicted molar refractivity (Wildman–Crippen MR) is 129 cm³/mol. The van der Waals surface area contributed by atoms with Gasteiger partial charge in [0.15, 0.2) is 0 Å². The van der Waals surface area contributed by atoms with Crippen molar-refractivity contribution in [3.63, 3.8) is 0 Å². The second-order valence-electron chi connectivity index (χ2n) is 8.36. The van der Waals surface area contributed by atoms with Gasteiger partial charge in [-0.05, 0) is 53.8 Å². The zero-order valence-corrected chi connectivity index (χ0v) is 18.9. The highest BCUT2D eigenvalue weighted by molar-refractivity contribution is 5.88. The Bertz CT molecular complexity index is 1180. The Morgan fingerprint density at radius 2 is 1.44 bits per heavy atom. The molecule has 3 aromatic rings. The minimum atomic E-state index is -1.09. The third-order valence-corrected chi connectivity index (χ3v) is 6.12. The summed E-state index contributed by atoms with van der Waals surface area (Å²) in [4.78, 5) is 35.6. The van der Waals surface area contributed by atoms with E-state index in [1.807, 2.05) is 24.3 Å². The van der Waals surface area contributed by atoms with Gasteiger partial charge in [0.05, 0.1) is 5.92 Å². The summed E-state index contributed by atoms with van der Waals surface area (Å²) in [7, 11) is 0. The SMILES string of the molecule is CC(C(=O)N[C@H](C)C(=O)O)c1ccc(NC(=O)OCC2c3ccccc3-c3ccccc32)cc1. The average molecular weight is 459 g/mol. The lowest BCUT2D eigenvalue weighted by Gasteiger charge is -2.16. The molecule has 0 saturated heterocycles. The minimum absolute atomic E-state index is 0.0203. The molecule has 1 aliphatic carbocycles. The average Bonchev–Trinajstić information content (AvgIpc) is 3.16. The number of carbonyl (C=O) groups excluding carboxylic acids is 2. The number of carboxylic acid groups (broad SMARTS) is 1. The second kappa shape index (κ2) is 9.79. The van der Waals surface area contributed by atoms with E-state index >= 15 is 0 Å². The summed E-state index contributed by atoms with van der Waals surface area (Å²) in [5.41, 5.74) is 5.86. The first kappa shape index (κ1) is 23.0. The van der Waals surface area contributed by atoms with Crippen LogP contribution in [0.3, 0.4) is 0 Å². The maximum absolute atomic E-state index is 12.5. The molecule has 2 atom stereocenters. The zero-order chi connectivity index (χ0) is 24.2. The Kier molecular flexibility index (Phi) is 6.63. The van der Waals surface area contributed by atoms with Crippen molar-refractivity contribution < 1.29 is 24.2 Å². The molecule has 0 heterocycles. The van der Waals surface area contributed by atoms with Crippen molar-refractivity contribution in [2.24, 2.45) is 0 Å². The Hall–Kier alpha value is -4.13. The van der Waals surface area contributed by atoms with Crippen LogP contribution >= 0.6 is 0 Å². The monoisotopic (exact) mass is 458 g/mol. The van der Waals surface area contributed by atoms with Crippen LogP contribution in [0.5, 0.6) is 0 Å². The molecule has 0 aromatic heterocycles. The van der Waals surface area contributed by atoms with Crippen molar-refractivity contribution >= 4 is 23.7 Å². The first-order valence-corrected chi connectivity index (χ1v) is 11.1. The Labute approximate surface area is 197 Å². The van der Waals surface area contributed by atoms with E-state index in [4.69, 9.17) is 9.84 Å². The molecule has 0 spiro atoms. The van der Waals surface area contributed by atoms with Crippen molar-refractivity contribution in [3.8, 4) is 11.1 Å². The molecule has 0 saturated carbocycles. The van der Waals surface area contributed by atoms with E-state index in [0.717, 1.165) is 11.1 Å². The summed E-state index contributed by atoms with van der Waals surface area (Å²) < 4.78 is 5.56. The van der Waals surface area contributed by atoms with Crippen LogP contribution in [0.25, 0.3) is 11.1 Å². The maximum atomic E-state index is 12.5. The zero-order valence-electron chi connectivity index (χ0n) is 18.9. The van der Waals surface area contributed by atoms with Crippen molar-refractivity contribution in [1.29, 1.82) is 0 Å². The Morgan fingerprint density at radius 1 is 0.882 bits per heavy atom. The Morgan fingerprint density at radius 3 is 2.00 bits per heavy atom. The van der Waals surface area contributed by atoms with E-state index in [0.29, 0.717) is 11.3 Å². The van der Waals surface area contributed by atoms with Gasteiger partial charge < -0.3 is 15.2 Å². The fourth-order valence-corrected chi connectivity index (χ4v) is 4.16. The van der Waals surface area contributed by atoms with Crippen molar-refractivity contribution in [3.05, 3.63) is 89.5 Å². The lowest BCUT2D eigenvalue weighted by atomic mass is 9.98. The van der Waals surface area contributed by atoms with Gasteiger partial charge in [0, 0.05) is 11.6 Å². The van der Waals surface area contributed by atoms with Crippen molar-refractivity contribution in [1.82, 2.24) is 5.32 Å². The number of nitrogens with one attached hydrogen (secondary N) is 2. The molecule has 2 amide bonds. The van der Waals surface area contributed by atoms with Crippen LogP contribution in [0.15, 0.2) is 72.8 Å². The van der Waals surface area contributed by atoms with Crippen LogP contribution in [0, 0.1) is 0 Å². The first-order chi connectivity index (χ1) is 16.3.